The average Bonchev–Trinajstić information content (AvgIpc) is 2.01. The summed E-state index contributed by atoms with van der Waals surface area (Å²) in [6.45, 7) is 1.66. The third-order valence-corrected chi connectivity index (χ3v) is 0.862. The Morgan fingerprint density at radius 3 is 1.43 bits per heavy atom. The maximum atomic E-state index is 9.64. The molecule has 0 aliphatic heterocycles. The molecule has 6 nitrogen and oxygen atoms in total. The summed E-state index contributed by atoms with van der Waals surface area (Å²) >= 11 is 0. The van der Waals surface area contributed by atoms with E-state index in [-0.39, 0.29) is 12.8 Å². The molecule has 0 saturated heterocycles. The lowest BCUT2D eigenvalue weighted by atomic mass is 10.3. The lowest BCUT2D eigenvalue weighted by Crippen LogP contribution is -2.00. The van der Waals surface area contributed by atoms with Crippen molar-refractivity contribution in [2.45, 2.75) is 19.8 Å². The topological polar surface area (TPSA) is 112 Å². The zero-order chi connectivity index (χ0) is 11.6. The van der Waals surface area contributed by atoms with Gasteiger partial charge >= 0.3 is 17.9 Å². The van der Waals surface area contributed by atoms with Gasteiger partial charge in [0, 0.05) is 6.08 Å². The molecule has 0 amide bonds. The Morgan fingerprint density at radius 1 is 1.00 bits per heavy atom. The van der Waals surface area contributed by atoms with Gasteiger partial charge in [-0.2, -0.15) is 0 Å². The van der Waals surface area contributed by atoms with Gasteiger partial charge in [-0.25, -0.2) is 4.79 Å². The number of hydrogen-bond donors (Lipinski definition) is 3. The SMILES string of the molecule is C/C=C/C(=O)O.O=C(O)CCC(=O)O. The number of hydrogen-bond acceptors (Lipinski definition) is 3. The van der Waals surface area contributed by atoms with Crippen LogP contribution in [0.5, 0.6) is 0 Å². The molecule has 0 aromatic carbocycles. The number of carboxylic acid groups (broad SMARTS) is 3. The predicted molar refractivity (Wildman–Crippen MR) is 47.0 cm³/mol. The molecule has 0 saturated carbocycles. The molecule has 0 fully saturated rings. The Kier molecular flexibility index (Phi) is 9.68. The van der Waals surface area contributed by atoms with Crippen molar-refractivity contribution < 1.29 is 29.7 Å². The monoisotopic (exact) mass is 204 g/mol. The second kappa shape index (κ2) is 9.24. The largest absolute Gasteiger partial charge is 0.481 e. The molecule has 0 aliphatic carbocycles. The Morgan fingerprint density at radius 2 is 1.36 bits per heavy atom. The van der Waals surface area contributed by atoms with Gasteiger partial charge in [0.05, 0.1) is 12.8 Å². The molecule has 0 radical (unpaired) electrons. The van der Waals surface area contributed by atoms with E-state index >= 15 is 0 Å². The van der Waals surface area contributed by atoms with Gasteiger partial charge in [-0.05, 0) is 6.92 Å². The third kappa shape index (κ3) is 22.5. The normalized spacial score (nSPS) is 8.93. The molecule has 0 heterocycles. The molecule has 0 atom stereocenters. The van der Waals surface area contributed by atoms with Crippen molar-refractivity contribution in [3.8, 4) is 0 Å². The van der Waals surface area contributed by atoms with Crippen molar-refractivity contribution in [3.05, 3.63) is 12.2 Å². The lowest BCUT2D eigenvalue weighted by Gasteiger charge is -1.85. The van der Waals surface area contributed by atoms with Crippen LogP contribution in [-0.4, -0.2) is 33.2 Å². The van der Waals surface area contributed by atoms with Crippen molar-refractivity contribution in [3.63, 3.8) is 0 Å². The summed E-state index contributed by atoms with van der Waals surface area (Å²) in [5.41, 5.74) is 0. The summed E-state index contributed by atoms with van der Waals surface area (Å²) in [7, 11) is 0. The summed E-state index contributed by atoms with van der Waals surface area (Å²) in [6, 6.07) is 0. The highest BCUT2D eigenvalue weighted by Crippen LogP contribution is 1.86. The molecule has 14 heavy (non-hydrogen) atoms. The maximum absolute atomic E-state index is 9.64. The van der Waals surface area contributed by atoms with Crippen molar-refractivity contribution in [2.24, 2.45) is 0 Å². The molecule has 0 spiro atoms. The Balaban J connectivity index is 0. The van der Waals surface area contributed by atoms with E-state index < -0.39 is 17.9 Å². The van der Waals surface area contributed by atoms with Crippen LogP contribution in [-0.2, 0) is 14.4 Å². The van der Waals surface area contributed by atoms with Crippen molar-refractivity contribution >= 4 is 17.9 Å². The molecule has 6 heteroatoms. The Labute approximate surface area is 80.5 Å². The van der Waals surface area contributed by atoms with Gasteiger partial charge in [0.1, 0.15) is 0 Å². The first-order valence-corrected chi connectivity index (χ1v) is 3.69. The lowest BCUT2D eigenvalue weighted by molar-refractivity contribution is -0.143. The van der Waals surface area contributed by atoms with Crippen LogP contribution < -0.4 is 0 Å². The van der Waals surface area contributed by atoms with E-state index in [9.17, 15) is 14.4 Å². The fraction of sp³-hybridized carbons (Fsp3) is 0.375. The summed E-state index contributed by atoms with van der Waals surface area (Å²) in [5.74, 6) is -3.04. The van der Waals surface area contributed by atoms with Crippen LogP contribution in [0.15, 0.2) is 12.2 Å². The first-order valence-electron chi connectivity index (χ1n) is 3.69. The highest BCUT2D eigenvalue weighted by molar-refractivity contribution is 5.79. The molecule has 3 N–H and O–H groups in total. The molecule has 0 rings (SSSR count). The van der Waals surface area contributed by atoms with Gasteiger partial charge in [-0.1, -0.05) is 6.08 Å². The fourth-order valence-electron chi connectivity index (χ4n) is 0.356. The quantitative estimate of drug-likeness (QED) is 0.577. The number of carbonyl (C=O) groups is 3. The number of carboxylic acids is 3. The first kappa shape index (κ1) is 14.7. The minimum Gasteiger partial charge on any atom is -0.481 e. The van der Waals surface area contributed by atoms with E-state index in [0.717, 1.165) is 6.08 Å². The fourth-order valence-corrected chi connectivity index (χ4v) is 0.356. The van der Waals surface area contributed by atoms with Gasteiger partial charge in [-0.3, -0.25) is 9.59 Å². The van der Waals surface area contributed by atoms with E-state index in [2.05, 4.69) is 0 Å². The third-order valence-electron chi connectivity index (χ3n) is 0.862. The molecular formula is C8H12O6. The van der Waals surface area contributed by atoms with Gasteiger partial charge in [0.25, 0.3) is 0 Å². The average molecular weight is 204 g/mol. The van der Waals surface area contributed by atoms with Crippen LogP contribution >= 0.6 is 0 Å². The van der Waals surface area contributed by atoms with Crippen LogP contribution in [0.25, 0.3) is 0 Å². The van der Waals surface area contributed by atoms with Crippen LogP contribution in [0, 0.1) is 0 Å². The van der Waals surface area contributed by atoms with Gasteiger partial charge in [-0.15, -0.1) is 0 Å². The standard InChI is InChI=1S/C4H6O4.C4H6O2/c5-3(6)1-2-4(7)8;1-2-3-4(5)6/h1-2H2,(H,5,6)(H,7,8);2-3H,1H3,(H,5,6)/b;3-2+. The molecule has 0 aliphatic rings. The molecular weight excluding hydrogens is 192 g/mol. The molecule has 0 aromatic heterocycles. The van der Waals surface area contributed by atoms with E-state index in [0.29, 0.717) is 0 Å². The second-order valence-electron chi connectivity index (χ2n) is 2.13. The number of allylic oxidation sites excluding steroid dienone is 1. The van der Waals surface area contributed by atoms with Crippen LogP contribution in [0.2, 0.25) is 0 Å². The number of aliphatic carboxylic acids is 3. The van der Waals surface area contributed by atoms with Crippen LogP contribution in [0.1, 0.15) is 19.8 Å². The van der Waals surface area contributed by atoms with Gasteiger partial charge < -0.3 is 15.3 Å². The Hall–Kier alpha value is -1.85. The van der Waals surface area contributed by atoms with E-state index in [1.165, 1.54) is 6.08 Å². The van der Waals surface area contributed by atoms with E-state index in [1.54, 1.807) is 6.92 Å². The van der Waals surface area contributed by atoms with Gasteiger partial charge in [0.2, 0.25) is 0 Å². The van der Waals surface area contributed by atoms with Crippen LogP contribution in [0.4, 0.5) is 0 Å². The second-order valence-corrected chi connectivity index (χ2v) is 2.13. The summed E-state index contributed by atoms with van der Waals surface area (Å²) in [6.07, 6.45) is 1.97. The van der Waals surface area contributed by atoms with Crippen molar-refractivity contribution in [1.82, 2.24) is 0 Å². The molecule has 0 unspecified atom stereocenters. The molecule has 0 aromatic rings. The van der Waals surface area contributed by atoms with E-state index in [4.69, 9.17) is 15.3 Å². The highest BCUT2D eigenvalue weighted by Gasteiger charge is 2.00. The van der Waals surface area contributed by atoms with Crippen LogP contribution in [0.3, 0.4) is 0 Å². The van der Waals surface area contributed by atoms with Crippen molar-refractivity contribution in [1.29, 1.82) is 0 Å². The zero-order valence-corrected chi connectivity index (χ0v) is 7.64. The predicted octanol–water partition coefficient (Wildman–Crippen LogP) is 0.583. The Bertz CT molecular complexity index is 216. The first-order chi connectivity index (χ1) is 6.40. The highest BCUT2D eigenvalue weighted by atomic mass is 16.4. The molecule has 0 bridgehead atoms. The minimum atomic E-state index is -1.08. The number of rotatable bonds is 4. The minimum absolute atomic E-state index is 0.296. The summed E-state index contributed by atoms with van der Waals surface area (Å²) < 4.78 is 0. The maximum Gasteiger partial charge on any atom is 0.327 e. The smallest absolute Gasteiger partial charge is 0.327 e. The molecule has 80 valence electrons. The van der Waals surface area contributed by atoms with Crippen molar-refractivity contribution in [2.75, 3.05) is 0 Å². The summed E-state index contributed by atoms with van der Waals surface area (Å²) in [4.78, 5) is 28.8. The van der Waals surface area contributed by atoms with E-state index in [1.807, 2.05) is 0 Å². The zero-order valence-electron chi connectivity index (χ0n) is 7.64. The van der Waals surface area contributed by atoms with Gasteiger partial charge in [0.15, 0.2) is 0 Å². The summed E-state index contributed by atoms with van der Waals surface area (Å²) in [5, 5.41) is 23.6.